The molecule has 0 saturated carbocycles. The van der Waals surface area contributed by atoms with Gasteiger partial charge in [-0.15, -0.1) is 0 Å². The molecular weight excluding hydrogens is 266 g/mol. The number of rotatable bonds is 12. The lowest BCUT2D eigenvalue weighted by molar-refractivity contribution is 0.562. The van der Waals surface area contributed by atoms with E-state index < -0.39 is 0 Å². The summed E-state index contributed by atoms with van der Waals surface area (Å²) >= 11 is 0. The molecule has 0 radical (unpaired) electrons. The second-order valence-corrected chi connectivity index (χ2v) is 4.96. The van der Waals surface area contributed by atoms with E-state index in [0.29, 0.717) is 0 Å². The van der Waals surface area contributed by atoms with Crippen LogP contribution in [0.25, 0.3) is 0 Å². The van der Waals surface area contributed by atoms with Gasteiger partial charge in [-0.05, 0) is 39.0 Å². The largest absolute Gasteiger partial charge is 0.347 e. The van der Waals surface area contributed by atoms with Crippen LogP contribution in [-0.4, -0.2) is 46.1 Å². The average Bonchev–Trinajstić information content (AvgIpc) is 3.18. The molecule has 0 aliphatic carbocycles. The topological polar surface area (TPSA) is 93.4 Å². The van der Waals surface area contributed by atoms with E-state index >= 15 is 0 Å². The molecule has 21 heavy (non-hydrogen) atoms. The van der Waals surface area contributed by atoms with Crippen molar-refractivity contribution < 1.29 is 0 Å². The van der Waals surface area contributed by atoms with Crippen LogP contribution in [0.4, 0.5) is 0 Å². The molecule has 0 fully saturated rings. The van der Waals surface area contributed by atoms with E-state index in [4.69, 9.17) is 0 Å². The summed E-state index contributed by atoms with van der Waals surface area (Å²) in [6.07, 6.45) is 9.38. The van der Waals surface area contributed by atoms with Gasteiger partial charge in [0.2, 0.25) is 0 Å². The van der Waals surface area contributed by atoms with E-state index in [1.54, 1.807) is 12.7 Å². The molecule has 5 N–H and O–H groups in total. The first-order valence-corrected chi connectivity index (χ1v) is 7.52. The fraction of sp³-hybridized carbons (Fsp3) is 0.571. The van der Waals surface area contributed by atoms with Gasteiger partial charge in [0.15, 0.2) is 0 Å². The van der Waals surface area contributed by atoms with Gasteiger partial charge < -0.3 is 25.9 Å². The predicted molar refractivity (Wildman–Crippen MR) is 82.7 cm³/mol. The minimum Gasteiger partial charge on any atom is -0.347 e. The highest BCUT2D eigenvalue weighted by molar-refractivity contribution is 4.93. The van der Waals surface area contributed by atoms with Crippen molar-refractivity contribution >= 4 is 0 Å². The Hall–Kier alpha value is -1.70. The maximum atomic E-state index is 3.98. The summed E-state index contributed by atoms with van der Waals surface area (Å²) in [5.74, 6) is 0. The number of nitrogens with one attached hydrogen (secondary N) is 5. The highest BCUT2D eigenvalue weighted by Gasteiger charge is 1.94. The zero-order chi connectivity index (χ0) is 14.6. The average molecular weight is 291 g/mol. The summed E-state index contributed by atoms with van der Waals surface area (Å²) in [7, 11) is 0. The summed E-state index contributed by atoms with van der Waals surface area (Å²) in [5.41, 5.74) is 2.26. The minimum atomic E-state index is 0.859. The molecule has 0 spiro atoms. The Labute approximate surface area is 125 Å². The lowest BCUT2D eigenvalue weighted by atomic mass is 10.3. The van der Waals surface area contributed by atoms with Crippen LogP contribution in [0, 0.1) is 0 Å². The van der Waals surface area contributed by atoms with Crippen LogP contribution in [0.5, 0.6) is 0 Å². The molecule has 2 aromatic heterocycles. The zero-order valence-corrected chi connectivity index (χ0v) is 12.4. The van der Waals surface area contributed by atoms with Crippen LogP contribution in [0.15, 0.2) is 25.0 Å². The van der Waals surface area contributed by atoms with Gasteiger partial charge in [0.1, 0.15) is 0 Å². The van der Waals surface area contributed by atoms with Crippen molar-refractivity contribution in [3.8, 4) is 0 Å². The maximum absolute atomic E-state index is 3.98. The van der Waals surface area contributed by atoms with Crippen LogP contribution in [-0.2, 0) is 13.1 Å². The van der Waals surface area contributed by atoms with Crippen LogP contribution >= 0.6 is 0 Å². The van der Waals surface area contributed by atoms with Crippen LogP contribution in [0.1, 0.15) is 24.2 Å². The number of hydrogen-bond acceptors (Lipinski definition) is 5. The lowest BCUT2D eigenvalue weighted by Crippen LogP contribution is -2.25. The first-order valence-electron chi connectivity index (χ1n) is 7.52. The van der Waals surface area contributed by atoms with E-state index in [-0.39, 0.29) is 0 Å². The van der Waals surface area contributed by atoms with Crippen molar-refractivity contribution in [3.63, 3.8) is 0 Å². The van der Waals surface area contributed by atoms with Crippen molar-refractivity contribution in [1.82, 2.24) is 35.9 Å². The van der Waals surface area contributed by atoms with Crippen molar-refractivity contribution in [3.05, 3.63) is 36.4 Å². The molecule has 0 atom stereocenters. The van der Waals surface area contributed by atoms with Gasteiger partial charge in [0, 0.05) is 36.9 Å². The molecular formula is C14H25N7. The molecule has 116 valence electrons. The second kappa shape index (κ2) is 10.1. The Morgan fingerprint density at radius 3 is 1.62 bits per heavy atom. The van der Waals surface area contributed by atoms with Crippen molar-refractivity contribution in [2.24, 2.45) is 0 Å². The van der Waals surface area contributed by atoms with Crippen molar-refractivity contribution in [2.75, 3.05) is 26.2 Å². The third-order valence-corrected chi connectivity index (χ3v) is 3.15. The van der Waals surface area contributed by atoms with Crippen LogP contribution < -0.4 is 16.0 Å². The SMILES string of the molecule is c1ncc(CNCCCNCCCNCc2cnc[nH]2)[nH]1. The van der Waals surface area contributed by atoms with Gasteiger partial charge in [0.25, 0.3) is 0 Å². The molecule has 2 heterocycles. The molecule has 0 amide bonds. The summed E-state index contributed by atoms with van der Waals surface area (Å²) in [6.45, 7) is 5.86. The van der Waals surface area contributed by atoms with Crippen LogP contribution in [0.3, 0.4) is 0 Å². The Kier molecular flexibility index (Phi) is 7.53. The molecule has 0 aliphatic rings. The minimum absolute atomic E-state index is 0.859. The van der Waals surface area contributed by atoms with E-state index in [0.717, 1.165) is 63.5 Å². The molecule has 2 rings (SSSR count). The predicted octanol–water partition coefficient (Wildman–Crippen LogP) is 0.382. The van der Waals surface area contributed by atoms with Gasteiger partial charge in [0.05, 0.1) is 12.7 Å². The summed E-state index contributed by atoms with van der Waals surface area (Å²) < 4.78 is 0. The summed E-state index contributed by atoms with van der Waals surface area (Å²) in [4.78, 5) is 14.1. The molecule has 2 aromatic rings. The van der Waals surface area contributed by atoms with Gasteiger partial charge in [-0.3, -0.25) is 0 Å². The van der Waals surface area contributed by atoms with Gasteiger partial charge >= 0.3 is 0 Å². The monoisotopic (exact) mass is 291 g/mol. The van der Waals surface area contributed by atoms with Crippen molar-refractivity contribution in [1.29, 1.82) is 0 Å². The number of nitrogens with zero attached hydrogens (tertiary/aromatic N) is 2. The smallest absolute Gasteiger partial charge is 0.0922 e. The summed E-state index contributed by atoms with van der Waals surface area (Å²) in [5, 5.41) is 10.2. The third kappa shape index (κ3) is 7.03. The molecule has 7 nitrogen and oxygen atoms in total. The lowest BCUT2D eigenvalue weighted by Gasteiger charge is -2.06. The van der Waals surface area contributed by atoms with E-state index in [1.807, 2.05) is 12.4 Å². The van der Waals surface area contributed by atoms with Crippen molar-refractivity contribution in [2.45, 2.75) is 25.9 Å². The Balaban J connectivity index is 1.31. The number of imidazole rings is 2. The zero-order valence-electron chi connectivity index (χ0n) is 12.4. The normalized spacial score (nSPS) is 11.0. The second-order valence-electron chi connectivity index (χ2n) is 4.96. The first-order chi connectivity index (χ1) is 10.4. The Morgan fingerprint density at radius 1 is 0.714 bits per heavy atom. The molecule has 0 aliphatic heterocycles. The molecule has 0 aromatic carbocycles. The number of hydrogen-bond donors (Lipinski definition) is 5. The molecule has 0 unspecified atom stereocenters. The number of aromatic nitrogens is 4. The fourth-order valence-electron chi connectivity index (χ4n) is 2.01. The molecule has 7 heteroatoms. The highest BCUT2D eigenvalue weighted by atomic mass is 14.9. The van der Waals surface area contributed by atoms with E-state index in [9.17, 15) is 0 Å². The van der Waals surface area contributed by atoms with Gasteiger partial charge in [-0.1, -0.05) is 0 Å². The Bertz CT molecular complexity index is 396. The standard InChI is InChI=1S/C14H25N7/c1(5-16-7-13-9-18-11-20-13)3-15-4-2-6-17-8-14-10-19-12-21-14/h9-12,15-17H,1-8H2,(H,18,20)(H,19,21). The first kappa shape index (κ1) is 15.7. The van der Waals surface area contributed by atoms with Gasteiger partial charge in [-0.2, -0.15) is 0 Å². The highest BCUT2D eigenvalue weighted by Crippen LogP contribution is 1.90. The van der Waals surface area contributed by atoms with E-state index in [1.165, 1.54) is 0 Å². The van der Waals surface area contributed by atoms with Crippen LogP contribution in [0.2, 0.25) is 0 Å². The summed E-state index contributed by atoms with van der Waals surface area (Å²) in [6, 6.07) is 0. The van der Waals surface area contributed by atoms with Gasteiger partial charge in [-0.25, -0.2) is 9.97 Å². The Morgan fingerprint density at radius 2 is 1.19 bits per heavy atom. The maximum Gasteiger partial charge on any atom is 0.0922 e. The van der Waals surface area contributed by atoms with E-state index in [2.05, 4.69) is 35.9 Å². The third-order valence-electron chi connectivity index (χ3n) is 3.15. The molecule has 0 bridgehead atoms. The quantitative estimate of drug-likeness (QED) is 0.365. The molecule has 0 saturated heterocycles. The number of H-pyrrole nitrogens is 2. The fourth-order valence-corrected chi connectivity index (χ4v) is 2.01. The number of aromatic amines is 2.